The maximum absolute atomic E-state index is 5.64. The van der Waals surface area contributed by atoms with Crippen molar-refractivity contribution >= 4 is 0 Å². The van der Waals surface area contributed by atoms with E-state index in [0.717, 1.165) is 6.42 Å². The molecule has 56 valence electrons. The van der Waals surface area contributed by atoms with Gasteiger partial charge in [-0.2, -0.15) is 5.12 Å². The maximum atomic E-state index is 5.64. The fourth-order valence-corrected chi connectivity index (χ4v) is 0.626. The molecule has 1 atom stereocenters. The minimum absolute atomic E-state index is 0.0417. The monoisotopic (exact) mass is 132 g/mol. The second-order valence-corrected chi connectivity index (χ2v) is 1.79. The van der Waals surface area contributed by atoms with Gasteiger partial charge in [0.05, 0.1) is 6.17 Å². The van der Waals surface area contributed by atoms with Gasteiger partial charge in [0.1, 0.15) is 0 Å². The first-order valence-electron chi connectivity index (χ1n) is 3.15. The molecule has 0 saturated heterocycles. The standard InChI is InChI=1S/C5H16N4/c1-4-5(6)9(7-2)8-3/h5,7-8H,4,6H2,1-3H3. The van der Waals surface area contributed by atoms with E-state index in [1.165, 1.54) is 0 Å². The Balaban J connectivity index is 3.50. The van der Waals surface area contributed by atoms with Crippen LogP contribution in [0, 0.1) is 0 Å². The molecule has 0 rings (SSSR count). The van der Waals surface area contributed by atoms with Crippen LogP contribution in [0.2, 0.25) is 0 Å². The number of rotatable bonds is 4. The summed E-state index contributed by atoms with van der Waals surface area (Å²) in [5.41, 5.74) is 11.4. The van der Waals surface area contributed by atoms with Crippen LogP contribution in [0.15, 0.2) is 0 Å². The number of nitrogens with zero attached hydrogens (tertiary/aromatic N) is 1. The number of hydrazine groups is 2. The van der Waals surface area contributed by atoms with Crippen molar-refractivity contribution in [3.05, 3.63) is 0 Å². The topological polar surface area (TPSA) is 53.3 Å². The van der Waals surface area contributed by atoms with E-state index in [4.69, 9.17) is 5.73 Å². The molecule has 4 N–H and O–H groups in total. The SMILES string of the molecule is CCC(N)N(NC)NC. The van der Waals surface area contributed by atoms with Gasteiger partial charge in [0.2, 0.25) is 0 Å². The fourth-order valence-electron chi connectivity index (χ4n) is 0.626. The molecule has 4 nitrogen and oxygen atoms in total. The maximum Gasteiger partial charge on any atom is 0.0863 e. The molecule has 0 radical (unpaired) electrons. The normalized spacial score (nSPS) is 14.3. The highest BCUT2D eigenvalue weighted by Gasteiger charge is 2.05. The van der Waals surface area contributed by atoms with Crippen LogP contribution in [0.4, 0.5) is 0 Å². The molecule has 0 aromatic heterocycles. The van der Waals surface area contributed by atoms with Gasteiger partial charge in [0.15, 0.2) is 0 Å². The van der Waals surface area contributed by atoms with Crippen molar-refractivity contribution in [3.63, 3.8) is 0 Å². The van der Waals surface area contributed by atoms with Crippen LogP contribution in [0.1, 0.15) is 13.3 Å². The molecule has 4 heteroatoms. The summed E-state index contributed by atoms with van der Waals surface area (Å²) in [5.74, 6) is 0. The van der Waals surface area contributed by atoms with Gasteiger partial charge in [-0.3, -0.25) is 0 Å². The first kappa shape index (κ1) is 8.84. The lowest BCUT2D eigenvalue weighted by Crippen LogP contribution is -2.54. The van der Waals surface area contributed by atoms with Gasteiger partial charge in [-0.05, 0) is 6.42 Å². The molecule has 0 aromatic rings. The van der Waals surface area contributed by atoms with E-state index in [1.807, 2.05) is 21.0 Å². The molecular formula is C5H16N4. The summed E-state index contributed by atoms with van der Waals surface area (Å²) in [6, 6.07) is 0. The molecule has 0 bridgehead atoms. The number of nitrogens with two attached hydrogens (primary N) is 1. The summed E-state index contributed by atoms with van der Waals surface area (Å²) in [6.07, 6.45) is 0.960. The first-order chi connectivity index (χ1) is 4.26. The molecule has 0 spiro atoms. The number of nitrogens with one attached hydrogen (secondary N) is 2. The minimum Gasteiger partial charge on any atom is -0.313 e. The number of hydrogen-bond acceptors (Lipinski definition) is 4. The molecule has 9 heavy (non-hydrogen) atoms. The second-order valence-electron chi connectivity index (χ2n) is 1.79. The van der Waals surface area contributed by atoms with Crippen LogP contribution in [-0.2, 0) is 0 Å². The van der Waals surface area contributed by atoms with Crippen molar-refractivity contribution in [1.29, 1.82) is 0 Å². The van der Waals surface area contributed by atoms with E-state index >= 15 is 0 Å². The predicted octanol–water partition coefficient (Wildman–Crippen LogP) is -0.748. The molecule has 0 aliphatic heterocycles. The largest absolute Gasteiger partial charge is 0.313 e. The van der Waals surface area contributed by atoms with Gasteiger partial charge in [0.25, 0.3) is 0 Å². The van der Waals surface area contributed by atoms with Crippen molar-refractivity contribution in [2.45, 2.75) is 19.5 Å². The van der Waals surface area contributed by atoms with Gasteiger partial charge >= 0.3 is 0 Å². The van der Waals surface area contributed by atoms with Crippen LogP contribution in [0.3, 0.4) is 0 Å². The van der Waals surface area contributed by atoms with E-state index in [-0.39, 0.29) is 6.17 Å². The molecule has 0 heterocycles. The zero-order valence-electron chi connectivity index (χ0n) is 6.31. The fraction of sp³-hybridized carbons (Fsp3) is 1.00. The van der Waals surface area contributed by atoms with Crippen LogP contribution in [0.5, 0.6) is 0 Å². The third-order valence-corrected chi connectivity index (χ3v) is 1.23. The van der Waals surface area contributed by atoms with E-state index < -0.39 is 0 Å². The summed E-state index contributed by atoms with van der Waals surface area (Å²) in [7, 11) is 3.65. The van der Waals surface area contributed by atoms with E-state index in [2.05, 4.69) is 10.9 Å². The lowest BCUT2D eigenvalue weighted by Gasteiger charge is -2.25. The Labute approximate surface area is 56.3 Å². The predicted molar refractivity (Wildman–Crippen MR) is 38.2 cm³/mol. The summed E-state index contributed by atoms with van der Waals surface area (Å²) in [6.45, 7) is 2.03. The minimum atomic E-state index is 0.0417. The Hall–Kier alpha value is -0.160. The molecule has 1 unspecified atom stereocenters. The summed E-state index contributed by atoms with van der Waals surface area (Å²) >= 11 is 0. The molecule has 0 amide bonds. The Morgan fingerprint density at radius 3 is 2.00 bits per heavy atom. The molecule has 0 saturated carbocycles. The molecular weight excluding hydrogens is 116 g/mol. The number of hydrogen-bond donors (Lipinski definition) is 3. The average Bonchev–Trinajstić information content (AvgIpc) is 1.90. The summed E-state index contributed by atoms with van der Waals surface area (Å²) in [4.78, 5) is 0. The molecule has 0 aromatic carbocycles. The highest BCUT2D eigenvalue weighted by atomic mass is 15.7. The Morgan fingerprint density at radius 1 is 1.44 bits per heavy atom. The third kappa shape index (κ3) is 2.76. The first-order valence-corrected chi connectivity index (χ1v) is 3.15. The highest BCUT2D eigenvalue weighted by Crippen LogP contribution is 1.86. The second kappa shape index (κ2) is 4.69. The Kier molecular flexibility index (Phi) is 4.61. The van der Waals surface area contributed by atoms with Crippen molar-refractivity contribution in [3.8, 4) is 0 Å². The average molecular weight is 132 g/mol. The van der Waals surface area contributed by atoms with Crippen LogP contribution in [0.25, 0.3) is 0 Å². The van der Waals surface area contributed by atoms with E-state index in [9.17, 15) is 0 Å². The van der Waals surface area contributed by atoms with Gasteiger partial charge in [-0.1, -0.05) is 6.92 Å². The summed E-state index contributed by atoms with van der Waals surface area (Å²) < 4.78 is 0. The lowest BCUT2D eigenvalue weighted by atomic mass is 10.4. The molecule has 0 aliphatic carbocycles. The molecule has 0 aliphatic rings. The van der Waals surface area contributed by atoms with Crippen molar-refractivity contribution in [2.75, 3.05) is 14.1 Å². The smallest absolute Gasteiger partial charge is 0.0863 e. The van der Waals surface area contributed by atoms with Gasteiger partial charge in [-0.25, -0.2) is 10.9 Å². The van der Waals surface area contributed by atoms with Crippen LogP contribution in [-0.4, -0.2) is 25.4 Å². The zero-order chi connectivity index (χ0) is 7.28. The lowest BCUT2D eigenvalue weighted by molar-refractivity contribution is 0.0835. The summed E-state index contributed by atoms with van der Waals surface area (Å²) in [5, 5.41) is 1.75. The molecule has 0 fully saturated rings. The Morgan fingerprint density at radius 2 is 1.89 bits per heavy atom. The van der Waals surface area contributed by atoms with Gasteiger partial charge < -0.3 is 5.73 Å². The van der Waals surface area contributed by atoms with Crippen molar-refractivity contribution < 1.29 is 0 Å². The third-order valence-electron chi connectivity index (χ3n) is 1.23. The van der Waals surface area contributed by atoms with Crippen LogP contribution < -0.4 is 16.6 Å². The zero-order valence-corrected chi connectivity index (χ0v) is 6.31. The van der Waals surface area contributed by atoms with Gasteiger partial charge in [0, 0.05) is 14.1 Å². The van der Waals surface area contributed by atoms with E-state index in [1.54, 1.807) is 5.12 Å². The highest BCUT2D eigenvalue weighted by molar-refractivity contribution is 4.51. The van der Waals surface area contributed by atoms with Crippen molar-refractivity contribution in [2.24, 2.45) is 5.73 Å². The van der Waals surface area contributed by atoms with Gasteiger partial charge in [-0.15, -0.1) is 0 Å². The van der Waals surface area contributed by atoms with Crippen LogP contribution >= 0.6 is 0 Å². The van der Waals surface area contributed by atoms with E-state index in [0.29, 0.717) is 0 Å². The van der Waals surface area contributed by atoms with Crippen molar-refractivity contribution in [1.82, 2.24) is 16.0 Å². The Bertz CT molecular complexity index is 62.0. The quantitative estimate of drug-likeness (QED) is 0.348.